The summed E-state index contributed by atoms with van der Waals surface area (Å²) < 4.78 is 5.74. The summed E-state index contributed by atoms with van der Waals surface area (Å²) in [5.41, 5.74) is 1.69. The van der Waals surface area contributed by atoms with E-state index in [1.165, 1.54) is 0 Å². The number of rotatable bonds is 5. The summed E-state index contributed by atoms with van der Waals surface area (Å²) in [5, 5.41) is 3.71. The lowest BCUT2D eigenvalue weighted by atomic mass is 10.2. The van der Waals surface area contributed by atoms with Crippen molar-refractivity contribution in [2.24, 2.45) is 0 Å². The largest absolute Gasteiger partial charge is 0.481 e. The van der Waals surface area contributed by atoms with Gasteiger partial charge in [0.25, 0.3) is 5.91 Å². The molecule has 0 saturated heterocycles. The van der Waals surface area contributed by atoms with Crippen molar-refractivity contribution in [3.05, 3.63) is 58.1 Å². The Balaban J connectivity index is 2.06. The Hall–Kier alpha value is -1.71. The van der Waals surface area contributed by atoms with Crippen LogP contribution < -0.4 is 10.1 Å². The first-order chi connectivity index (χ1) is 10.5. The number of anilines is 1. The van der Waals surface area contributed by atoms with Crippen molar-refractivity contribution in [2.75, 3.05) is 5.32 Å². The molecule has 5 heteroatoms. The van der Waals surface area contributed by atoms with Crippen LogP contribution in [0, 0.1) is 6.92 Å². The van der Waals surface area contributed by atoms with Gasteiger partial charge in [-0.05, 0) is 43.7 Å². The molecule has 22 heavy (non-hydrogen) atoms. The molecule has 0 aliphatic carbocycles. The molecular weight excluding hydrogens is 321 g/mol. The summed E-state index contributed by atoms with van der Waals surface area (Å²) in [6.07, 6.45) is -0.0333. The Morgan fingerprint density at radius 2 is 1.73 bits per heavy atom. The normalized spacial score (nSPS) is 11.8. The van der Waals surface area contributed by atoms with E-state index in [0.29, 0.717) is 27.9 Å². The lowest BCUT2D eigenvalue weighted by molar-refractivity contribution is -0.122. The maximum atomic E-state index is 12.3. The van der Waals surface area contributed by atoms with Crippen LogP contribution in [0.1, 0.15) is 18.9 Å². The third-order valence-electron chi connectivity index (χ3n) is 3.09. The maximum absolute atomic E-state index is 12.3. The number of aryl methyl sites for hydroxylation is 1. The van der Waals surface area contributed by atoms with Gasteiger partial charge in [-0.3, -0.25) is 4.79 Å². The molecule has 0 bridgehead atoms. The highest BCUT2D eigenvalue weighted by Gasteiger charge is 2.18. The predicted octanol–water partition coefficient (Wildman–Crippen LogP) is 5.10. The second-order valence-electron chi connectivity index (χ2n) is 4.98. The standard InChI is InChI=1S/C17H17Cl2NO2/c1-3-16(22-15-6-4-11(2)5-7-15)17(21)20-14-9-12(18)8-13(19)10-14/h4-10,16H,3H2,1-2H3,(H,20,21)/t16-/m0/s1. The molecule has 0 saturated carbocycles. The van der Waals surface area contributed by atoms with Crippen molar-refractivity contribution in [1.29, 1.82) is 0 Å². The highest BCUT2D eigenvalue weighted by molar-refractivity contribution is 6.35. The van der Waals surface area contributed by atoms with Crippen LogP contribution in [0.15, 0.2) is 42.5 Å². The van der Waals surface area contributed by atoms with Gasteiger partial charge in [-0.1, -0.05) is 47.8 Å². The van der Waals surface area contributed by atoms with E-state index >= 15 is 0 Å². The first-order valence-electron chi connectivity index (χ1n) is 6.98. The molecule has 2 rings (SSSR count). The third-order valence-corrected chi connectivity index (χ3v) is 3.53. The highest BCUT2D eigenvalue weighted by atomic mass is 35.5. The fraction of sp³-hybridized carbons (Fsp3) is 0.235. The molecule has 0 unspecified atom stereocenters. The lowest BCUT2D eigenvalue weighted by Gasteiger charge is -2.17. The average molecular weight is 338 g/mol. The Labute approximate surface area is 140 Å². The highest BCUT2D eigenvalue weighted by Crippen LogP contribution is 2.23. The topological polar surface area (TPSA) is 38.3 Å². The van der Waals surface area contributed by atoms with E-state index in [1.54, 1.807) is 18.2 Å². The number of carbonyl (C=O) groups excluding carboxylic acids is 1. The van der Waals surface area contributed by atoms with Crippen molar-refractivity contribution in [1.82, 2.24) is 0 Å². The van der Waals surface area contributed by atoms with Crippen LogP contribution in [0.5, 0.6) is 5.75 Å². The van der Waals surface area contributed by atoms with Gasteiger partial charge < -0.3 is 10.1 Å². The Morgan fingerprint density at radius 1 is 1.14 bits per heavy atom. The average Bonchev–Trinajstić information content (AvgIpc) is 2.45. The molecule has 0 heterocycles. The zero-order chi connectivity index (χ0) is 16.1. The number of carbonyl (C=O) groups is 1. The van der Waals surface area contributed by atoms with Crippen molar-refractivity contribution < 1.29 is 9.53 Å². The first-order valence-corrected chi connectivity index (χ1v) is 7.74. The first kappa shape index (κ1) is 16.7. The monoisotopic (exact) mass is 337 g/mol. The van der Waals surface area contributed by atoms with Crippen LogP contribution in [0.25, 0.3) is 0 Å². The van der Waals surface area contributed by atoms with Crippen molar-refractivity contribution in [2.45, 2.75) is 26.4 Å². The molecule has 1 atom stereocenters. The van der Waals surface area contributed by atoms with Gasteiger partial charge in [0.1, 0.15) is 5.75 Å². The molecule has 0 spiro atoms. The van der Waals surface area contributed by atoms with Gasteiger partial charge in [-0.15, -0.1) is 0 Å². The van der Waals surface area contributed by atoms with E-state index < -0.39 is 6.10 Å². The van der Waals surface area contributed by atoms with Gasteiger partial charge in [0.15, 0.2) is 6.10 Å². The quantitative estimate of drug-likeness (QED) is 0.824. The van der Waals surface area contributed by atoms with Gasteiger partial charge >= 0.3 is 0 Å². The van der Waals surface area contributed by atoms with Crippen molar-refractivity contribution in [3.8, 4) is 5.75 Å². The number of amides is 1. The van der Waals surface area contributed by atoms with Gasteiger partial charge in [0.2, 0.25) is 0 Å². The molecule has 0 aromatic heterocycles. The lowest BCUT2D eigenvalue weighted by Crippen LogP contribution is -2.32. The van der Waals surface area contributed by atoms with Crippen LogP contribution in [-0.2, 0) is 4.79 Å². The zero-order valence-corrected chi connectivity index (χ0v) is 13.9. The minimum atomic E-state index is -0.583. The molecule has 1 amide bonds. The van der Waals surface area contributed by atoms with Crippen LogP contribution in [0.3, 0.4) is 0 Å². The summed E-state index contributed by atoms with van der Waals surface area (Å²) >= 11 is 11.8. The van der Waals surface area contributed by atoms with E-state index in [1.807, 2.05) is 38.1 Å². The van der Waals surface area contributed by atoms with Crippen LogP contribution in [0.4, 0.5) is 5.69 Å². The smallest absolute Gasteiger partial charge is 0.265 e. The van der Waals surface area contributed by atoms with Gasteiger partial charge in [0, 0.05) is 15.7 Å². The fourth-order valence-electron chi connectivity index (χ4n) is 1.95. The molecule has 2 aromatic carbocycles. The molecule has 0 radical (unpaired) electrons. The molecule has 0 aliphatic rings. The second-order valence-corrected chi connectivity index (χ2v) is 5.85. The van der Waals surface area contributed by atoms with Gasteiger partial charge in [-0.25, -0.2) is 0 Å². The molecule has 0 fully saturated rings. The minimum Gasteiger partial charge on any atom is -0.481 e. The molecule has 2 aromatic rings. The van der Waals surface area contributed by atoms with Crippen molar-refractivity contribution in [3.63, 3.8) is 0 Å². The summed E-state index contributed by atoms with van der Waals surface area (Å²) in [5.74, 6) is 0.429. The number of halogens is 2. The summed E-state index contributed by atoms with van der Waals surface area (Å²) in [7, 11) is 0. The minimum absolute atomic E-state index is 0.235. The van der Waals surface area contributed by atoms with Crippen LogP contribution >= 0.6 is 23.2 Å². The Kier molecular flexibility index (Phi) is 5.69. The molecular formula is C17H17Cl2NO2. The number of benzene rings is 2. The van der Waals surface area contributed by atoms with Crippen LogP contribution in [0.2, 0.25) is 10.0 Å². The zero-order valence-electron chi connectivity index (χ0n) is 12.4. The number of nitrogens with one attached hydrogen (secondary N) is 1. The number of hydrogen-bond acceptors (Lipinski definition) is 2. The van der Waals surface area contributed by atoms with E-state index in [4.69, 9.17) is 27.9 Å². The van der Waals surface area contributed by atoms with E-state index in [9.17, 15) is 4.79 Å². The summed E-state index contributed by atoms with van der Waals surface area (Å²) in [6, 6.07) is 12.5. The van der Waals surface area contributed by atoms with Gasteiger partial charge in [0.05, 0.1) is 0 Å². The van der Waals surface area contributed by atoms with E-state index in [-0.39, 0.29) is 5.91 Å². The summed E-state index contributed by atoms with van der Waals surface area (Å²) in [6.45, 7) is 3.89. The van der Waals surface area contributed by atoms with E-state index in [2.05, 4.69) is 5.32 Å². The Bertz CT molecular complexity index is 636. The van der Waals surface area contributed by atoms with Crippen molar-refractivity contribution >= 4 is 34.8 Å². The number of ether oxygens (including phenoxy) is 1. The van der Waals surface area contributed by atoms with E-state index in [0.717, 1.165) is 5.56 Å². The van der Waals surface area contributed by atoms with Crippen LogP contribution in [-0.4, -0.2) is 12.0 Å². The maximum Gasteiger partial charge on any atom is 0.265 e. The second kappa shape index (κ2) is 7.52. The predicted molar refractivity (Wildman–Crippen MR) is 91.0 cm³/mol. The third kappa shape index (κ3) is 4.65. The fourth-order valence-corrected chi connectivity index (χ4v) is 2.48. The molecule has 0 aliphatic heterocycles. The molecule has 1 N–H and O–H groups in total. The SMILES string of the molecule is CC[C@H](Oc1ccc(C)cc1)C(=O)Nc1cc(Cl)cc(Cl)c1. The summed E-state index contributed by atoms with van der Waals surface area (Å²) in [4.78, 5) is 12.3. The molecule has 116 valence electrons. The number of hydrogen-bond donors (Lipinski definition) is 1. The molecule has 3 nitrogen and oxygen atoms in total. The van der Waals surface area contributed by atoms with Gasteiger partial charge in [-0.2, -0.15) is 0 Å². The Morgan fingerprint density at radius 3 is 2.27 bits per heavy atom.